The van der Waals surface area contributed by atoms with Gasteiger partial charge in [0, 0.05) is 16.8 Å². The third-order valence-electron chi connectivity index (χ3n) is 3.33. The lowest BCUT2D eigenvalue weighted by atomic mass is 9.97. The summed E-state index contributed by atoms with van der Waals surface area (Å²) in [6, 6.07) is 11.2. The SMILES string of the molecule is C#Cc1c(NC(=C)C(=C)C)cccc1-c1cccc(N)c1Cl. The lowest BCUT2D eigenvalue weighted by Crippen LogP contribution is -2.02. The molecular formula is C19H17ClN2. The first-order valence-corrected chi connectivity index (χ1v) is 7.09. The number of nitrogen functional groups attached to an aromatic ring is 1. The van der Waals surface area contributed by atoms with Crippen molar-refractivity contribution in [1.82, 2.24) is 0 Å². The van der Waals surface area contributed by atoms with E-state index >= 15 is 0 Å². The molecule has 0 unspecified atom stereocenters. The first-order valence-electron chi connectivity index (χ1n) is 6.71. The second kappa shape index (κ2) is 6.43. The molecule has 0 heterocycles. The van der Waals surface area contributed by atoms with E-state index in [2.05, 4.69) is 24.4 Å². The van der Waals surface area contributed by atoms with Crippen LogP contribution in [-0.4, -0.2) is 0 Å². The number of anilines is 2. The van der Waals surface area contributed by atoms with E-state index < -0.39 is 0 Å². The van der Waals surface area contributed by atoms with Crippen molar-refractivity contribution < 1.29 is 0 Å². The van der Waals surface area contributed by atoms with Crippen molar-refractivity contribution in [3.8, 4) is 23.5 Å². The smallest absolute Gasteiger partial charge is 0.0714 e. The molecule has 110 valence electrons. The van der Waals surface area contributed by atoms with Crippen molar-refractivity contribution >= 4 is 23.0 Å². The summed E-state index contributed by atoms with van der Waals surface area (Å²) >= 11 is 6.32. The van der Waals surface area contributed by atoms with Crippen LogP contribution in [0.3, 0.4) is 0 Å². The first kappa shape index (κ1) is 15.8. The minimum absolute atomic E-state index is 0.495. The molecule has 0 aliphatic heterocycles. The van der Waals surface area contributed by atoms with Gasteiger partial charge in [-0.2, -0.15) is 0 Å². The van der Waals surface area contributed by atoms with Crippen LogP contribution in [0, 0.1) is 12.3 Å². The molecule has 0 saturated carbocycles. The maximum absolute atomic E-state index is 6.32. The Hall–Kier alpha value is -2.63. The standard InChI is InChI=1S/C19H17ClN2/c1-5-14-15(16-9-6-10-17(21)19(16)20)8-7-11-18(14)22-13(4)12(2)3/h1,6-11,22H,2,4,21H2,3H3. The summed E-state index contributed by atoms with van der Waals surface area (Å²) in [4.78, 5) is 0. The molecule has 2 nitrogen and oxygen atoms in total. The largest absolute Gasteiger partial charge is 0.398 e. The molecule has 0 radical (unpaired) electrons. The lowest BCUT2D eigenvalue weighted by molar-refractivity contribution is 1.36. The Kier molecular flexibility index (Phi) is 4.60. The molecule has 2 aromatic carbocycles. The van der Waals surface area contributed by atoms with Gasteiger partial charge in [0.05, 0.1) is 22.0 Å². The second-order valence-corrected chi connectivity index (χ2v) is 5.34. The van der Waals surface area contributed by atoms with Crippen molar-refractivity contribution in [2.45, 2.75) is 6.92 Å². The highest BCUT2D eigenvalue weighted by Crippen LogP contribution is 2.36. The quantitative estimate of drug-likeness (QED) is 0.470. The normalized spacial score (nSPS) is 9.86. The monoisotopic (exact) mass is 308 g/mol. The molecule has 2 aromatic rings. The first-order chi connectivity index (χ1) is 10.5. The molecule has 0 atom stereocenters. The van der Waals surface area contributed by atoms with Gasteiger partial charge in [0.1, 0.15) is 0 Å². The predicted molar refractivity (Wildman–Crippen MR) is 96.8 cm³/mol. The minimum atomic E-state index is 0.495. The molecule has 0 saturated heterocycles. The van der Waals surface area contributed by atoms with Crippen LogP contribution in [0.5, 0.6) is 0 Å². The Bertz CT molecular complexity index is 798. The molecule has 3 N–H and O–H groups in total. The van der Waals surface area contributed by atoms with Crippen molar-refractivity contribution in [1.29, 1.82) is 0 Å². The lowest BCUT2D eigenvalue weighted by Gasteiger charge is -2.15. The van der Waals surface area contributed by atoms with Crippen molar-refractivity contribution in [2.75, 3.05) is 11.1 Å². The molecule has 0 spiro atoms. The van der Waals surface area contributed by atoms with E-state index in [0.717, 1.165) is 22.4 Å². The Labute approximate surface area is 136 Å². The number of nitrogens with one attached hydrogen (secondary N) is 1. The van der Waals surface area contributed by atoms with Crippen molar-refractivity contribution in [2.24, 2.45) is 0 Å². The molecule has 0 fully saturated rings. The Morgan fingerprint density at radius 2 is 1.82 bits per heavy atom. The highest BCUT2D eigenvalue weighted by Gasteiger charge is 2.13. The predicted octanol–water partition coefficient (Wildman–Crippen LogP) is 5.07. The average Bonchev–Trinajstić information content (AvgIpc) is 2.49. The van der Waals surface area contributed by atoms with E-state index in [1.807, 2.05) is 37.3 Å². The third kappa shape index (κ3) is 3.00. The van der Waals surface area contributed by atoms with Crippen LogP contribution in [0.15, 0.2) is 60.8 Å². The van der Waals surface area contributed by atoms with Crippen LogP contribution in [0.1, 0.15) is 12.5 Å². The topological polar surface area (TPSA) is 38.0 Å². The van der Waals surface area contributed by atoms with Crippen LogP contribution in [-0.2, 0) is 0 Å². The van der Waals surface area contributed by atoms with E-state index in [0.29, 0.717) is 22.0 Å². The number of terminal acetylenes is 1. The zero-order chi connectivity index (χ0) is 16.3. The number of hydrogen-bond acceptors (Lipinski definition) is 2. The van der Waals surface area contributed by atoms with Gasteiger partial charge in [0.15, 0.2) is 0 Å². The van der Waals surface area contributed by atoms with E-state index in [9.17, 15) is 0 Å². The number of hydrogen-bond donors (Lipinski definition) is 2. The molecule has 0 aliphatic rings. The average molecular weight is 309 g/mol. The molecule has 2 rings (SSSR count). The summed E-state index contributed by atoms with van der Waals surface area (Å²) < 4.78 is 0. The van der Waals surface area contributed by atoms with E-state index in [4.69, 9.17) is 23.8 Å². The zero-order valence-corrected chi connectivity index (χ0v) is 13.2. The number of allylic oxidation sites excluding steroid dienone is 1. The number of nitrogens with two attached hydrogens (primary N) is 1. The molecule has 3 heteroatoms. The van der Waals surface area contributed by atoms with E-state index in [1.54, 1.807) is 6.07 Å². The molecular weight excluding hydrogens is 292 g/mol. The summed E-state index contributed by atoms with van der Waals surface area (Å²) in [7, 11) is 0. The van der Waals surface area contributed by atoms with Crippen LogP contribution in [0.4, 0.5) is 11.4 Å². The zero-order valence-electron chi connectivity index (χ0n) is 12.4. The van der Waals surface area contributed by atoms with Gasteiger partial charge in [-0.3, -0.25) is 0 Å². The molecule has 0 aliphatic carbocycles. The summed E-state index contributed by atoms with van der Waals surface area (Å²) in [5, 5.41) is 3.69. The number of rotatable bonds is 4. The Morgan fingerprint density at radius 3 is 2.45 bits per heavy atom. The molecule has 0 bridgehead atoms. The fourth-order valence-electron chi connectivity index (χ4n) is 2.06. The van der Waals surface area contributed by atoms with Crippen LogP contribution in [0.2, 0.25) is 5.02 Å². The molecule has 22 heavy (non-hydrogen) atoms. The van der Waals surface area contributed by atoms with Gasteiger partial charge in [-0.25, -0.2) is 0 Å². The third-order valence-corrected chi connectivity index (χ3v) is 3.75. The fourth-order valence-corrected chi connectivity index (χ4v) is 2.29. The van der Waals surface area contributed by atoms with E-state index in [1.165, 1.54) is 0 Å². The van der Waals surface area contributed by atoms with Crippen LogP contribution in [0.25, 0.3) is 11.1 Å². The van der Waals surface area contributed by atoms with Crippen LogP contribution >= 0.6 is 11.6 Å². The van der Waals surface area contributed by atoms with Gasteiger partial charge in [0.2, 0.25) is 0 Å². The van der Waals surface area contributed by atoms with E-state index in [-0.39, 0.29) is 0 Å². The van der Waals surface area contributed by atoms with Gasteiger partial charge >= 0.3 is 0 Å². The van der Waals surface area contributed by atoms with Crippen LogP contribution < -0.4 is 11.1 Å². The Morgan fingerprint density at radius 1 is 1.18 bits per heavy atom. The van der Waals surface area contributed by atoms with Gasteiger partial charge in [-0.05, 0) is 24.6 Å². The molecule has 0 amide bonds. The molecule has 0 aromatic heterocycles. The summed E-state index contributed by atoms with van der Waals surface area (Å²) in [5.74, 6) is 2.72. The fraction of sp³-hybridized carbons (Fsp3) is 0.0526. The highest BCUT2D eigenvalue weighted by molar-refractivity contribution is 6.35. The van der Waals surface area contributed by atoms with Gasteiger partial charge < -0.3 is 11.1 Å². The number of halogens is 1. The number of benzene rings is 2. The van der Waals surface area contributed by atoms with Gasteiger partial charge in [0.25, 0.3) is 0 Å². The summed E-state index contributed by atoms with van der Waals surface area (Å²) in [6.45, 7) is 9.67. The summed E-state index contributed by atoms with van der Waals surface area (Å²) in [5.41, 5.74) is 11.1. The highest BCUT2D eigenvalue weighted by atomic mass is 35.5. The van der Waals surface area contributed by atoms with Gasteiger partial charge in [-0.1, -0.05) is 54.9 Å². The summed E-state index contributed by atoms with van der Waals surface area (Å²) in [6.07, 6.45) is 5.71. The maximum Gasteiger partial charge on any atom is 0.0714 e. The van der Waals surface area contributed by atoms with Crippen molar-refractivity contribution in [3.05, 3.63) is 71.4 Å². The maximum atomic E-state index is 6.32. The van der Waals surface area contributed by atoms with Gasteiger partial charge in [-0.15, -0.1) is 6.42 Å². The second-order valence-electron chi connectivity index (χ2n) is 4.97. The minimum Gasteiger partial charge on any atom is -0.398 e. The Balaban J connectivity index is 2.59. The van der Waals surface area contributed by atoms with Crippen molar-refractivity contribution in [3.63, 3.8) is 0 Å².